The van der Waals surface area contributed by atoms with E-state index >= 15 is 0 Å². The molecule has 2 unspecified atom stereocenters. The number of rotatable bonds is 5. The van der Waals surface area contributed by atoms with Crippen molar-refractivity contribution in [2.45, 2.75) is 88.4 Å². The van der Waals surface area contributed by atoms with Gasteiger partial charge in [-0.2, -0.15) is 0 Å². The Kier molecular flexibility index (Phi) is 7.60. The minimum Gasteiger partial charge on any atom is -0.491 e. The molecule has 0 radical (unpaired) electrons. The number of aryl methyl sites for hydroxylation is 1. The van der Waals surface area contributed by atoms with Crippen LogP contribution in [0.5, 0.6) is 5.75 Å². The maximum Gasteiger partial charge on any atom is 0.410 e. The molecule has 0 spiro atoms. The summed E-state index contributed by atoms with van der Waals surface area (Å²) in [6.45, 7) is 12.4. The predicted octanol–water partition coefficient (Wildman–Crippen LogP) is 5.07. The molecular weight excluding hydrogens is 530 g/mol. The number of hydrogen-bond acceptors (Lipinski definition) is 7. The summed E-state index contributed by atoms with van der Waals surface area (Å²) in [4.78, 5) is 47.4. The first kappa shape index (κ1) is 28.1. The van der Waals surface area contributed by atoms with E-state index in [1.165, 1.54) is 11.8 Å². The number of nitrogens with zero attached hydrogens (tertiary/aromatic N) is 3. The maximum atomic E-state index is 13.5. The number of carbonyl (C=O) groups excluding carboxylic acids is 3. The van der Waals surface area contributed by atoms with Crippen LogP contribution in [0.1, 0.15) is 64.6 Å². The van der Waals surface area contributed by atoms with Gasteiger partial charge in [0.15, 0.2) is 0 Å². The van der Waals surface area contributed by atoms with Crippen molar-refractivity contribution in [2.24, 2.45) is 0 Å². The van der Waals surface area contributed by atoms with Crippen molar-refractivity contribution < 1.29 is 23.9 Å². The van der Waals surface area contributed by atoms with Crippen molar-refractivity contribution in [1.82, 2.24) is 20.5 Å². The van der Waals surface area contributed by atoms with Crippen LogP contribution >= 0.6 is 11.8 Å². The van der Waals surface area contributed by atoms with E-state index in [0.717, 1.165) is 34.7 Å². The molecule has 4 heterocycles. The zero-order valence-electron chi connectivity index (χ0n) is 23.8. The van der Waals surface area contributed by atoms with E-state index < -0.39 is 16.9 Å². The average molecular weight is 568 g/mol. The SMILES string of the molecule is Cc1cc(N2C(=O)NC3c4c2ccnc4SC3C(=O)N[C@@H]2CCCN(C(=O)OC(C)(C)C)C2)ccc1OC(C)C. The second kappa shape index (κ2) is 10.8. The number of thioether (sulfide) groups is 1. The molecule has 10 nitrogen and oxygen atoms in total. The highest BCUT2D eigenvalue weighted by Gasteiger charge is 2.47. The molecule has 0 bridgehead atoms. The van der Waals surface area contributed by atoms with Gasteiger partial charge in [-0.15, -0.1) is 0 Å². The van der Waals surface area contributed by atoms with Crippen molar-refractivity contribution in [2.75, 3.05) is 18.0 Å². The van der Waals surface area contributed by atoms with Crippen LogP contribution in [0, 0.1) is 6.92 Å². The smallest absolute Gasteiger partial charge is 0.410 e. The number of nitrogens with one attached hydrogen (secondary N) is 2. The second-order valence-corrected chi connectivity index (χ2v) is 12.9. The van der Waals surface area contributed by atoms with E-state index in [9.17, 15) is 14.4 Å². The summed E-state index contributed by atoms with van der Waals surface area (Å²) in [6, 6.07) is 6.47. The molecule has 0 saturated carbocycles. The number of pyridine rings is 1. The van der Waals surface area contributed by atoms with Gasteiger partial charge in [0.1, 0.15) is 21.6 Å². The van der Waals surface area contributed by atoms with Crippen LogP contribution in [0.25, 0.3) is 0 Å². The third-order valence-electron chi connectivity index (χ3n) is 6.96. The first-order chi connectivity index (χ1) is 18.9. The lowest BCUT2D eigenvalue weighted by Crippen LogP contribution is -2.54. The summed E-state index contributed by atoms with van der Waals surface area (Å²) < 4.78 is 11.4. The third-order valence-corrected chi connectivity index (χ3v) is 8.25. The van der Waals surface area contributed by atoms with Gasteiger partial charge in [-0.1, -0.05) is 11.8 Å². The highest BCUT2D eigenvalue weighted by atomic mass is 32.2. The van der Waals surface area contributed by atoms with Crippen molar-refractivity contribution in [1.29, 1.82) is 0 Å². The Bertz CT molecular complexity index is 1330. The van der Waals surface area contributed by atoms with E-state index in [4.69, 9.17) is 9.47 Å². The molecule has 40 heavy (non-hydrogen) atoms. The number of aromatic nitrogens is 1. The van der Waals surface area contributed by atoms with Gasteiger partial charge in [-0.05, 0) is 84.2 Å². The molecule has 1 aromatic carbocycles. The number of piperidine rings is 1. The Morgan fingerprint density at radius 1 is 1.23 bits per heavy atom. The Morgan fingerprint density at radius 2 is 2.00 bits per heavy atom. The van der Waals surface area contributed by atoms with Gasteiger partial charge in [0.25, 0.3) is 0 Å². The zero-order chi connectivity index (χ0) is 28.8. The summed E-state index contributed by atoms with van der Waals surface area (Å²) in [7, 11) is 0. The minimum absolute atomic E-state index is 0.0427. The van der Waals surface area contributed by atoms with Crippen molar-refractivity contribution in [3.63, 3.8) is 0 Å². The molecule has 1 aromatic heterocycles. The number of benzene rings is 1. The van der Waals surface area contributed by atoms with Crippen LogP contribution in [0.2, 0.25) is 0 Å². The number of likely N-dealkylation sites (tertiary alicyclic amines) is 1. The number of ether oxygens (including phenoxy) is 2. The molecule has 2 aromatic rings. The van der Waals surface area contributed by atoms with Crippen LogP contribution in [-0.4, -0.2) is 64.0 Å². The van der Waals surface area contributed by atoms with Crippen LogP contribution in [0.4, 0.5) is 21.0 Å². The number of carbonyl (C=O) groups is 3. The van der Waals surface area contributed by atoms with E-state index in [2.05, 4.69) is 15.6 Å². The van der Waals surface area contributed by atoms with Crippen LogP contribution < -0.4 is 20.3 Å². The molecule has 5 rings (SSSR count). The zero-order valence-corrected chi connectivity index (χ0v) is 24.6. The normalized spacial score (nSPS) is 22.1. The number of hydrogen-bond donors (Lipinski definition) is 2. The fraction of sp³-hybridized carbons (Fsp3) is 0.517. The molecule has 3 atom stereocenters. The molecule has 3 aliphatic rings. The summed E-state index contributed by atoms with van der Waals surface area (Å²) in [6.07, 6.45) is 2.87. The Labute approximate surface area is 239 Å². The van der Waals surface area contributed by atoms with Crippen molar-refractivity contribution in [3.05, 3.63) is 41.6 Å². The fourth-order valence-corrected chi connectivity index (χ4v) is 6.55. The Morgan fingerprint density at radius 3 is 2.70 bits per heavy atom. The summed E-state index contributed by atoms with van der Waals surface area (Å²) in [5, 5.41) is 6.33. The molecule has 4 amide bonds. The van der Waals surface area contributed by atoms with Crippen molar-refractivity contribution in [3.8, 4) is 5.75 Å². The van der Waals surface area contributed by atoms with Gasteiger partial charge < -0.3 is 25.0 Å². The highest BCUT2D eigenvalue weighted by Crippen LogP contribution is 2.50. The molecule has 214 valence electrons. The quantitative estimate of drug-likeness (QED) is 0.519. The van der Waals surface area contributed by atoms with Crippen LogP contribution in [0.15, 0.2) is 35.5 Å². The van der Waals surface area contributed by atoms with E-state index in [0.29, 0.717) is 24.5 Å². The van der Waals surface area contributed by atoms with Gasteiger partial charge in [-0.3, -0.25) is 9.69 Å². The van der Waals surface area contributed by atoms with Gasteiger partial charge in [0.2, 0.25) is 5.91 Å². The van der Waals surface area contributed by atoms with Gasteiger partial charge in [0.05, 0.1) is 23.5 Å². The van der Waals surface area contributed by atoms with E-state index in [-0.39, 0.29) is 30.2 Å². The number of amides is 4. The van der Waals surface area contributed by atoms with Crippen LogP contribution in [-0.2, 0) is 9.53 Å². The molecule has 2 N–H and O–H groups in total. The first-order valence-corrected chi connectivity index (χ1v) is 14.6. The Balaban J connectivity index is 1.33. The van der Waals surface area contributed by atoms with Crippen LogP contribution in [0.3, 0.4) is 0 Å². The molecule has 3 aliphatic heterocycles. The predicted molar refractivity (Wildman–Crippen MR) is 153 cm³/mol. The largest absolute Gasteiger partial charge is 0.491 e. The number of anilines is 2. The summed E-state index contributed by atoms with van der Waals surface area (Å²) in [5.41, 5.74) is 2.60. The van der Waals surface area contributed by atoms with Crippen molar-refractivity contribution >= 4 is 41.2 Å². The maximum absolute atomic E-state index is 13.5. The fourth-order valence-electron chi connectivity index (χ4n) is 5.31. The lowest BCUT2D eigenvalue weighted by atomic mass is 9.99. The lowest BCUT2D eigenvalue weighted by molar-refractivity contribution is -0.122. The topological polar surface area (TPSA) is 113 Å². The molecule has 11 heteroatoms. The van der Waals surface area contributed by atoms with Gasteiger partial charge in [-0.25, -0.2) is 14.6 Å². The molecule has 1 saturated heterocycles. The second-order valence-electron chi connectivity index (χ2n) is 11.7. The first-order valence-electron chi connectivity index (χ1n) is 13.7. The monoisotopic (exact) mass is 567 g/mol. The van der Waals surface area contributed by atoms with Gasteiger partial charge >= 0.3 is 12.1 Å². The highest BCUT2D eigenvalue weighted by molar-refractivity contribution is 8.01. The lowest BCUT2D eigenvalue weighted by Gasteiger charge is -2.36. The molecule has 1 fully saturated rings. The Hall–Kier alpha value is -3.47. The average Bonchev–Trinajstić information content (AvgIpc) is 3.24. The molecule has 0 aliphatic carbocycles. The summed E-state index contributed by atoms with van der Waals surface area (Å²) in [5.74, 6) is 0.587. The van der Waals surface area contributed by atoms with E-state index in [1.807, 2.05) is 65.8 Å². The summed E-state index contributed by atoms with van der Waals surface area (Å²) >= 11 is 1.36. The molecular formula is C29H37N5O5S. The third kappa shape index (κ3) is 5.70. The standard InChI is InChI=1S/C29H37N5O5S/c1-16(2)38-21-10-9-19(14-17(21)3)34-20-11-12-30-26-22(20)23(32-27(34)36)24(40-26)25(35)31-18-8-7-13-33(15-18)28(37)39-29(4,5)6/h9-12,14,16,18,23-24H,7-8,13,15H2,1-6H3,(H,31,35)(H,32,36)/t18-,23?,24?/m1/s1. The van der Waals surface area contributed by atoms with E-state index in [1.54, 1.807) is 16.0 Å². The number of urea groups is 1. The van der Waals surface area contributed by atoms with Gasteiger partial charge in [0, 0.05) is 30.9 Å². The minimum atomic E-state index is -0.583.